The Morgan fingerprint density at radius 3 is 2.62 bits per heavy atom. The first-order valence-corrected chi connectivity index (χ1v) is 7.99. The van der Waals surface area contributed by atoms with E-state index in [1.54, 1.807) is 0 Å². The summed E-state index contributed by atoms with van der Waals surface area (Å²) < 4.78 is 0. The largest absolute Gasteiger partial charge is 0.356 e. The van der Waals surface area contributed by atoms with Crippen molar-refractivity contribution in [2.45, 2.75) is 64.0 Å². The van der Waals surface area contributed by atoms with Gasteiger partial charge in [-0.3, -0.25) is 19.3 Å². The number of hydrogen-bond acceptors (Lipinski definition) is 4. The molecule has 1 atom stereocenters. The number of amides is 3. The highest BCUT2D eigenvalue weighted by molar-refractivity contribution is 6.05. The SMILES string of the molecule is CCCNC(=O)CCNC1CC(=O)N(C2CCCC2)C1=O. The zero-order valence-electron chi connectivity index (χ0n) is 12.7. The minimum atomic E-state index is -0.447. The average Bonchev–Trinajstić information content (AvgIpc) is 3.05. The minimum absolute atomic E-state index is 0.0197. The van der Waals surface area contributed by atoms with E-state index < -0.39 is 6.04 Å². The number of imide groups is 1. The van der Waals surface area contributed by atoms with Crippen LogP contribution in [0.4, 0.5) is 0 Å². The molecule has 2 rings (SSSR count). The van der Waals surface area contributed by atoms with E-state index in [4.69, 9.17) is 0 Å². The lowest BCUT2D eigenvalue weighted by Crippen LogP contribution is -2.43. The molecule has 3 amide bonds. The highest BCUT2D eigenvalue weighted by Gasteiger charge is 2.42. The van der Waals surface area contributed by atoms with E-state index in [1.165, 1.54) is 4.90 Å². The second-order valence-corrected chi connectivity index (χ2v) is 5.85. The zero-order valence-corrected chi connectivity index (χ0v) is 12.7. The summed E-state index contributed by atoms with van der Waals surface area (Å²) >= 11 is 0. The Balaban J connectivity index is 1.76. The molecule has 6 nitrogen and oxygen atoms in total. The van der Waals surface area contributed by atoms with Crippen LogP contribution < -0.4 is 10.6 Å². The maximum atomic E-state index is 12.3. The van der Waals surface area contributed by atoms with Gasteiger partial charge in [-0.1, -0.05) is 19.8 Å². The van der Waals surface area contributed by atoms with E-state index >= 15 is 0 Å². The first-order valence-electron chi connectivity index (χ1n) is 7.99. The highest BCUT2D eigenvalue weighted by atomic mass is 16.2. The number of rotatable bonds is 7. The molecule has 1 aliphatic carbocycles. The fraction of sp³-hybridized carbons (Fsp3) is 0.800. The molecule has 0 aromatic carbocycles. The van der Waals surface area contributed by atoms with E-state index in [1.807, 2.05) is 6.92 Å². The molecule has 1 aliphatic heterocycles. The summed E-state index contributed by atoms with van der Waals surface area (Å²) in [4.78, 5) is 37.2. The molecule has 2 N–H and O–H groups in total. The zero-order chi connectivity index (χ0) is 15.2. The molecule has 6 heteroatoms. The third-order valence-corrected chi connectivity index (χ3v) is 4.19. The average molecular weight is 295 g/mol. The summed E-state index contributed by atoms with van der Waals surface area (Å²) in [5.74, 6) is -0.200. The number of hydrogen-bond donors (Lipinski definition) is 2. The van der Waals surface area contributed by atoms with Crippen molar-refractivity contribution in [1.29, 1.82) is 0 Å². The smallest absolute Gasteiger partial charge is 0.247 e. The highest BCUT2D eigenvalue weighted by Crippen LogP contribution is 2.28. The Hall–Kier alpha value is -1.43. The van der Waals surface area contributed by atoms with Crippen LogP contribution in [0.25, 0.3) is 0 Å². The Morgan fingerprint density at radius 2 is 1.95 bits per heavy atom. The van der Waals surface area contributed by atoms with Crippen LogP contribution in [0.2, 0.25) is 0 Å². The van der Waals surface area contributed by atoms with Crippen LogP contribution in [-0.4, -0.2) is 47.8 Å². The molecule has 0 radical (unpaired) electrons. The predicted octanol–water partition coefficient (Wildman–Crippen LogP) is 0.562. The fourth-order valence-electron chi connectivity index (χ4n) is 3.07. The van der Waals surface area contributed by atoms with Gasteiger partial charge in [0.05, 0.1) is 12.5 Å². The number of nitrogens with one attached hydrogen (secondary N) is 2. The fourth-order valence-corrected chi connectivity index (χ4v) is 3.07. The monoisotopic (exact) mass is 295 g/mol. The summed E-state index contributed by atoms with van der Waals surface area (Å²) in [6.45, 7) is 3.10. The molecule has 0 aromatic rings. The molecule has 0 bridgehead atoms. The van der Waals surface area contributed by atoms with Crippen molar-refractivity contribution < 1.29 is 14.4 Å². The van der Waals surface area contributed by atoms with Crippen molar-refractivity contribution in [3.05, 3.63) is 0 Å². The number of nitrogens with zero attached hydrogens (tertiary/aromatic N) is 1. The van der Waals surface area contributed by atoms with Gasteiger partial charge in [0, 0.05) is 25.6 Å². The quantitative estimate of drug-likeness (QED) is 0.673. The van der Waals surface area contributed by atoms with Crippen LogP contribution in [0.1, 0.15) is 51.9 Å². The Morgan fingerprint density at radius 1 is 1.24 bits per heavy atom. The molecular weight excluding hydrogens is 270 g/mol. The van der Waals surface area contributed by atoms with Crippen molar-refractivity contribution >= 4 is 17.7 Å². The van der Waals surface area contributed by atoms with E-state index in [0.29, 0.717) is 19.5 Å². The Kier molecular flexibility index (Phi) is 5.73. The van der Waals surface area contributed by atoms with Crippen molar-refractivity contribution in [2.24, 2.45) is 0 Å². The molecule has 2 aliphatic rings. The predicted molar refractivity (Wildman–Crippen MR) is 78.4 cm³/mol. The third-order valence-electron chi connectivity index (χ3n) is 4.19. The number of carbonyl (C=O) groups is 3. The Labute approximate surface area is 125 Å². The van der Waals surface area contributed by atoms with Gasteiger partial charge in [0.15, 0.2) is 0 Å². The molecule has 1 saturated carbocycles. The van der Waals surface area contributed by atoms with E-state index in [-0.39, 0.29) is 30.2 Å². The van der Waals surface area contributed by atoms with Crippen LogP contribution in [0.15, 0.2) is 0 Å². The molecule has 1 unspecified atom stereocenters. The maximum Gasteiger partial charge on any atom is 0.247 e. The first-order chi connectivity index (χ1) is 10.1. The van der Waals surface area contributed by atoms with Gasteiger partial charge in [-0.25, -0.2) is 0 Å². The van der Waals surface area contributed by atoms with E-state index in [0.717, 1.165) is 32.1 Å². The van der Waals surface area contributed by atoms with Gasteiger partial charge in [-0.05, 0) is 19.3 Å². The lowest BCUT2D eigenvalue weighted by molar-refractivity contribution is -0.141. The number of carbonyl (C=O) groups excluding carboxylic acids is 3. The summed E-state index contributed by atoms with van der Waals surface area (Å²) in [5.41, 5.74) is 0. The molecule has 21 heavy (non-hydrogen) atoms. The molecule has 2 fully saturated rings. The molecule has 0 aromatic heterocycles. The summed E-state index contributed by atoms with van der Waals surface area (Å²) in [6.07, 6.45) is 5.53. The molecule has 1 heterocycles. The van der Waals surface area contributed by atoms with Gasteiger partial charge in [-0.15, -0.1) is 0 Å². The summed E-state index contributed by atoms with van der Waals surface area (Å²) in [6, 6.07) is -0.346. The molecule has 0 spiro atoms. The first kappa shape index (κ1) is 15.9. The third kappa shape index (κ3) is 4.03. The molecule has 118 valence electrons. The Bertz CT molecular complexity index is 405. The lowest BCUT2D eigenvalue weighted by Gasteiger charge is -2.22. The van der Waals surface area contributed by atoms with Crippen molar-refractivity contribution in [3.8, 4) is 0 Å². The van der Waals surface area contributed by atoms with Crippen LogP contribution in [-0.2, 0) is 14.4 Å². The molecular formula is C15H25N3O3. The van der Waals surface area contributed by atoms with Crippen molar-refractivity contribution in [3.63, 3.8) is 0 Å². The normalized spacial score (nSPS) is 23.1. The van der Waals surface area contributed by atoms with E-state index in [9.17, 15) is 14.4 Å². The van der Waals surface area contributed by atoms with Gasteiger partial charge >= 0.3 is 0 Å². The van der Waals surface area contributed by atoms with Gasteiger partial charge in [0.25, 0.3) is 0 Å². The summed E-state index contributed by atoms with van der Waals surface area (Å²) in [7, 11) is 0. The van der Waals surface area contributed by atoms with Crippen LogP contribution in [0.3, 0.4) is 0 Å². The van der Waals surface area contributed by atoms with Crippen LogP contribution in [0.5, 0.6) is 0 Å². The van der Waals surface area contributed by atoms with Crippen LogP contribution in [0, 0.1) is 0 Å². The second-order valence-electron chi connectivity index (χ2n) is 5.85. The van der Waals surface area contributed by atoms with Gasteiger partial charge in [0.1, 0.15) is 0 Å². The van der Waals surface area contributed by atoms with Gasteiger partial charge in [-0.2, -0.15) is 0 Å². The molecule has 1 saturated heterocycles. The van der Waals surface area contributed by atoms with Gasteiger partial charge in [0.2, 0.25) is 17.7 Å². The van der Waals surface area contributed by atoms with Crippen LogP contribution >= 0.6 is 0 Å². The van der Waals surface area contributed by atoms with Crippen molar-refractivity contribution in [2.75, 3.05) is 13.1 Å². The van der Waals surface area contributed by atoms with Crippen molar-refractivity contribution in [1.82, 2.24) is 15.5 Å². The second kappa shape index (κ2) is 7.54. The van der Waals surface area contributed by atoms with Gasteiger partial charge < -0.3 is 10.6 Å². The minimum Gasteiger partial charge on any atom is -0.356 e. The summed E-state index contributed by atoms with van der Waals surface area (Å²) in [5, 5.41) is 5.84. The topological polar surface area (TPSA) is 78.5 Å². The van der Waals surface area contributed by atoms with E-state index in [2.05, 4.69) is 10.6 Å². The lowest BCUT2D eigenvalue weighted by atomic mass is 10.2. The maximum absolute atomic E-state index is 12.3. The number of likely N-dealkylation sites (tertiary alicyclic amines) is 1. The standard InChI is InChI=1S/C15H25N3O3/c1-2-8-17-13(19)7-9-16-12-10-14(20)18(15(12)21)11-5-3-4-6-11/h11-12,16H,2-10H2,1H3,(H,17,19).